The van der Waals surface area contributed by atoms with E-state index in [1.807, 2.05) is 12.1 Å². The molecule has 4 aromatic rings. The predicted molar refractivity (Wildman–Crippen MR) is 148 cm³/mol. The van der Waals surface area contributed by atoms with Gasteiger partial charge in [0.2, 0.25) is 0 Å². The number of Topliss-reactive ketones (excluding diaryl/α,β-unsaturated/α-hetero) is 3. The van der Waals surface area contributed by atoms with Crippen LogP contribution in [-0.2, 0) is 6.18 Å². The molecule has 0 unspecified atom stereocenters. The molecule has 1 saturated heterocycles. The monoisotopic (exact) mass is 567 g/mol. The van der Waals surface area contributed by atoms with Gasteiger partial charge < -0.3 is 4.90 Å². The molecular formula is C34H21F4NO3. The number of nitrogens with zero attached hydrogens (tertiary/aromatic N) is 1. The van der Waals surface area contributed by atoms with Crippen LogP contribution in [0.4, 0.5) is 23.2 Å². The topological polar surface area (TPSA) is 54.5 Å². The van der Waals surface area contributed by atoms with Gasteiger partial charge >= 0.3 is 6.18 Å². The van der Waals surface area contributed by atoms with Gasteiger partial charge in [0.05, 0.1) is 11.6 Å². The van der Waals surface area contributed by atoms with Crippen molar-refractivity contribution >= 4 is 29.1 Å². The number of carbonyl (C=O) groups excluding carboxylic acids is 3. The van der Waals surface area contributed by atoms with E-state index in [0.717, 1.165) is 29.8 Å². The zero-order valence-electron chi connectivity index (χ0n) is 21.8. The van der Waals surface area contributed by atoms with E-state index in [0.29, 0.717) is 5.69 Å². The highest BCUT2D eigenvalue weighted by atomic mass is 19.4. The summed E-state index contributed by atoms with van der Waals surface area (Å²) in [7, 11) is 0. The van der Waals surface area contributed by atoms with Crippen molar-refractivity contribution in [2.45, 2.75) is 24.2 Å². The molecule has 1 spiro atoms. The van der Waals surface area contributed by atoms with Crippen molar-refractivity contribution in [3.8, 4) is 0 Å². The maximum absolute atomic E-state index is 14.5. The SMILES string of the molecule is O=C(c1ccc(F)cc1)[C@@H]1[C@@H](c2ccc(C(F)(F)F)cc2)C2(C(=O)c3ccccc3C2=O)[C@@H]2C=Cc3ccccc3N12. The third-order valence-corrected chi connectivity index (χ3v) is 8.71. The first-order chi connectivity index (χ1) is 20.1. The van der Waals surface area contributed by atoms with Crippen molar-refractivity contribution in [2.24, 2.45) is 5.41 Å². The molecule has 4 aromatic carbocycles. The smallest absolute Gasteiger partial charge is 0.352 e. The molecule has 7 rings (SSSR count). The van der Waals surface area contributed by atoms with Crippen LogP contribution < -0.4 is 4.90 Å². The summed E-state index contributed by atoms with van der Waals surface area (Å²) in [6.45, 7) is 0. The number of halogens is 4. The molecule has 0 amide bonds. The largest absolute Gasteiger partial charge is 0.416 e. The molecule has 0 radical (unpaired) electrons. The minimum atomic E-state index is -4.61. The maximum Gasteiger partial charge on any atom is 0.416 e. The van der Waals surface area contributed by atoms with Crippen molar-refractivity contribution in [2.75, 3.05) is 4.90 Å². The fourth-order valence-electron chi connectivity index (χ4n) is 6.95. The van der Waals surface area contributed by atoms with Gasteiger partial charge in [0.15, 0.2) is 17.3 Å². The molecule has 4 nitrogen and oxygen atoms in total. The molecule has 1 fully saturated rings. The lowest BCUT2D eigenvalue weighted by Crippen LogP contribution is -2.48. The van der Waals surface area contributed by atoms with Gasteiger partial charge in [0.25, 0.3) is 0 Å². The number of hydrogen-bond acceptors (Lipinski definition) is 4. The number of hydrogen-bond donors (Lipinski definition) is 0. The number of para-hydroxylation sites is 1. The van der Waals surface area contributed by atoms with E-state index in [-0.39, 0.29) is 22.3 Å². The standard InChI is InChI=1S/C34H21F4NO3/c35-23-16-11-21(12-17-23)30(40)29-28(20-9-14-22(15-10-20)34(36,37)38)33(31(41)24-6-2-3-7-25(24)32(33)42)27-18-13-19-5-1-4-8-26(19)39(27)29/h1-18,27-29H/t27-,28+,29-/m0/s1. The number of alkyl halides is 3. The molecule has 42 heavy (non-hydrogen) atoms. The van der Waals surface area contributed by atoms with Crippen molar-refractivity contribution in [3.05, 3.63) is 142 Å². The Balaban J connectivity index is 1.53. The molecule has 1 aliphatic carbocycles. The van der Waals surface area contributed by atoms with Crippen LogP contribution >= 0.6 is 0 Å². The maximum atomic E-state index is 14.5. The Morgan fingerprint density at radius 2 is 1.36 bits per heavy atom. The van der Waals surface area contributed by atoms with Gasteiger partial charge in [-0.15, -0.1) is 0 Å². The summed E-state index contributed by atoms with van der Waals surface area (Å²) in [6.07, 6.45) is -1.07. The molecule has 2 aliphatic heterocycles. The Morgan fingerprint density at radius 3 is 1.98 bits per heavy atom. The van der Waals surface area contributed by atoms with Gasteiger partial charge in [-0.1, -0.05) is 66.7 Å². The second-order valence-electron chi connectivity index (χ2n) is 10.8. The number of fused-ring (bicyclic) bond motifs is 5. The van der Waals surface area contributed by atoms with Gasteiger partial charge in [0, 0.05) is 28.3 Å². The predicted octanol–water partition coefficient (Wildman–Crippen LogP) is 7.16. The van der Waals surface area contributed by atoms with Crippen LogP contribution in [0.25, 0.3) is 6.08 Å². The van der Waals surface area contributed by atoms with Crippen LogP contribution in [0.2, 0.25) is 0 Å². The third-order valence-electron chi connectivity index (χ3n) is 8.71. The zero-order valence-corrected chi connectivity index (χ0v) is 21.8. The molecule has 3 aliphatic rings. The summed E-state index contributed by atoms with van der Waals surface area (Å²) < 4.78 is 54.5. The quantitative estimate of drug-likeness (QED) is 0.150. The van der Waals surface area contributed by atoms with Crippen molar-refractivity contribution < 1.29 is 31.9 Å². The van der Waals surface area contributed by atoms with Crippen LogP contribution in [0.5, 0.6) is 0 Å². The first kappa shape index (κ1) is 26.1. The van der Waals surface area contributed by atoms with E-state index < -0.39 is 58.3 Å². The molecular weight excluding hydrogens is 546 g/mol. The minimum Gasteiger partial charge on any atom is -0.352 e. The molecule has 8 heteroatoms. The van der Waals surface area contributed by atoms with Crippen LogP contribution in [0, 0.1) is 11.2 Å². The molecule has 0 aromatic heterocycles. The lowest BCUT2D eigenvalue weighted by molar-refractivity contribution is -0.137. The van der Waals surface area contributed by atoms with Crippen LogP contribution in [0.3, 0.4) is 0 Å². The zero-order chi connectivity index (χ0) is 29.4. The molecule has 0 saturated carbocycles. The summed E-state index contributed by atoms with van der Waals surface area (Å²) in [6, 6.07) is 20.8. The van der Waals surface area contributed by atoms with Gasteiger partial charge in [-0.2, -0.15) is 13.2 Å². The van der Waals surface area contributed by atoms with Gasteiger partial charge in [-0.25, -0.2) is 4.39 Å². The Morgan fingerprint density at radius 1 is 0.762 bits per heavy atom. The number of ketones is 3. The number of rotatable bonds is 3. The normalized spacial score (nSPS) is 21.8. The van der Waals surface area contributed by atoms with E-state index in [1.54, 1.807) is 53.5 Å². The molecule has 2 heterocycles. The summed E-state index contributed by atoms with van der Waals surface area (Å²) in [5, 5.41) is 0. The van der Waals surface area contributed by atoms with E-state index in [1.165, 1.54) is 24.3 Å². The Hall–Kier alpha value is -4.85. The van der Waals surface area contributed by atoms with Crippen molar-refractivity contribution in [1.82, 2.24) is 0 Å². The molecule has 0 bridgehead atoms. The summed E-state index contributed by atoms with van der Waals surface area (Å²) in [5.74, 6) is -3.16. The van der Waals surface area contributed by atoms with Gasteiger partial charge in [0.1, 0.15) is 17.3 Å². The Bertz CT molecular complexity index is 1770. The van der Waals surface area contributed by atoms with E-state index in [9.17, 15) is 31.9 Å². The summed E-state index contributed by atoms with van der Waals surface area (Å²) in [4.78, 5) is 45.3. The molecule has 3 atom stereocenters. The molecule has 0 N–H and O–H groups in total. The highest BCUT2D eigenvalue weighted by Crippen LogP contribution is 2.61. The first-order valence-electron chi connectivity index (χ1n) is 13.3. The highest BCUT2D eigenvalue weighted by molar-refractivity contribution is 6.32. The average molecular weight is 568 g/mol. The van der Waals surface area contributed by atoms with Crippen molar-refractivity contribution in [3.63, 3.8) is 0 Å². The fourth-order valence-corrected chi connectivity index (χ4v) is 6.95. The Labute approximate surface area is 237 Å². The van der Waals surface area contributed by atoms with E-state index in [2.05, 4.69) is 0 Å². The van der Waals surface area contributed by atoms with E-state index in [4.69, 9.17) is 0 Å². The van der Waals surface area contributed by atoms with Crippen LogP contribution in [-0.4, -0.2) is 29.4 Å². The number of carbonyl (C=O) groups is 3. The van der Waals surface area contributed by atoms with E-state index >= 15 is 0 Å². The first-order valence-corrected chi connectivity index (χ1v) is 13.3. The van der Waals surface area contributed by atoms with Crippen LogP contribution in [0.1, 0.15) is 53.7 Å². The van der Waals surface area contributed by atoms with Crippen molar-refractivity contribution in [1.29, 1.82) is 0 Å². The summed E-state index contributed by atoms with van der Waals surface area (Å²) >= 11 is 0. The lowest BCUT2D eigenvalue weighted by Gasteiger charge is -2.37. The summed E-state index contributed by atoms with van der Waals surface area (Å²) in [5.41, 5.74) is -0.554. The third kappa shape index (κ3) is 3.50. The highest BCUT2D eigenvalue weighted by Gasteiger charge is 2.71. The lowest BCUT2D eigenvalue weighted by atomic mass is 9.64. The number of anilines is 1. The Kier molecular flexibility index (Phi) is 5.63. The molecule has 208 valence electrons. The second-order valence-corrected chi connectivity index (χ2v) is 10.8. The van der Waals surface area contributed by atoms with Crippen LogP contribution in [0.15, 0.2) is 103 Å². The fraction of sp³-hybridized carbons (Fsp3) is 0.147. The van der Waals surface area contributed by atoms with Gasteiger partial charge in [-0.3, -0.25) is 14.4 Å². The average Bonchev–Trinajstić information content (AvgIpc) is 3.43. The minimum absolute atomic E-state index is 0.150. The second kappa shape index (κ2) is 9.08. The number of benzene rings is 4. The van der Waals surface area contributed by atoms with Gasteiger partial charge in [-0.05, 0) is 53.6 Å².